The molecule has 0 radical (unpaired) electrons. The fraction of sp³-hybridized carbons (Fsp3) is 0.643. The molecular weight excluding hydrogens is 260 g/mol. The van der Waals surface area contributed by atoms with Crippen molar-refractivity contribution in [1.82, 2.24) is 10.2 Å². The first kappa shape index (κ1) is 16.0. The first-order valence-electron chi connectivity index (χ1n) is 6.75. The molecule has 1 aromatic rings. The Morgan fingerprint density at radius 1 is 1.26 bits per heavy atom. The van der Waals surface area contributed by atoms with Crippen molar-refractivity contribution in [2.24, 2.45) is 5.92 Å². The van der Waals surface area contributed by atoms with Crippen LogP contribution in [0.2, 0.25) is 0 Å². The van der Waals surface area contributed by atoms with Crippen LogP contribution in [0.4, 0.5) is 0 Å². The highest BCUT2D eigenvalue weighted by molar-refractivity contribution is 7.99. The normalized spacial score (nSPS) is 11.0. The summed E-state index contributed by atoms with van der Waals surface area (Å²) in [6.45, 7) is 8.25. The van der Waals surface area contributed by atoms with Gasteiger partial charge in [0.25, 0.3) is 0 Å². The molecule has 106 valence electrons. The summed E-state index contributed by atoms with van der Waals surface area (Å²) >= 11 is 1.50. The molecule has 0 saturated carbocycles. The number of hydrogen-bond donors (Lipinski definition) is 1. The maximum atomic E-state index is 11.5. The second kappa shape index (κ2) is 7.48. The highest BCUT2D eigenvalue weighted by atomic mass is 32.2. The van der Waals surface area contributed by atoms with Crippen LogP contribution in [0.5, 0.6) is 0 Å². The summed E-state index contributed by atoms with van der Waals surface area (Å²) in [6, 6.07) is 0. The number of rotatable bonds is 7. The average molecular weight is 282 g/mol. The molecular formula is C14H22N2O2S. The van der Waals surface area contributed by atoms with E-state index in [0.29, 0.717) is 29.3 Å². The van der Waals surface area contributed by atoms with E-state index in [9.17, 15) is 9.90 Å². The number of aryl methyl sites for hydroxylation is 1. The van der Waals surface area contributed by atoms with Crippen LogP contribution in [0.1, 0.15) is 55.7 Å². The van der Waals surface area contributed by atoms with Crippen molar-refractivity contribution < 1.29 is 9.90 Å². The molecule has 0 aliphatic carbocycles. The second-order valence-electron chi connectivity index (χ2n) is 4.85. The maximum absolute atomic E-state index is 11.5. The van der Waals surface area contributed by atoms with Gasteiger partial charge in [-0.1, -0.05) is 27.7 Å². The molecule has 0 spiro atoms. The lowest BCUT2D eigenvalue weighted by molar-refractivity contribution is 0.0690. The monoisotopic (exact) mass is 282 g/mol. The number of aromatic carboxylic acids is 1. The molecule has 0 aromatic carbocycles. The van der Waals surface area contributed by atoms with Gasteiger partial charge in [0.15, 0.2) is 0 Å². The van der Waals surface area contributed by atoms with Gasteiger partial charge in [-0.2, -0.15) is 5.10 Å². The van der Waals surface area contributed by atoms with E-state index in [2.05, 4.69) is 24.0 Å². The average Bonchev–Trinajstić information content (AvgIpc) is 2.37. The van der Waals surface area contributed by atoms with E-state index in [1.165, 1.54) is 11.8 Å². The highest BCUT2D eigenvalue weighted by Gasteiger charge is 2.20. The van der Waals surface area contributed by atoms with Crippen LogP contribution >= 0.6 is 11.8 Å². The highest BCUT2D eigenvalue weighted by Crippen LogP contribution is 2.26. The molecule has 0 bridgehead atoms. The molecule has 19 heavy (non-hydrogen) atoms. The quantitative estimate of drug-likeness (QED) is 0.776. The smallest absolute Gasteiger partial charge is 0.338 e. The third-order valence-corrected chi connectivity index (χ3v) is 3.96. The van der Waals surface area contributed by atoms with E-state index in [0.717, 1.165) is 23.4 Å². The Hall–Kier alpha value is -1.10. The van der Waals surface area contributed by atoms with Gasteiger partial charge >= 0.3 is 5.97 Å². The van der Waals surface area contributed by atoms with Gasteiger partial charge in [-0.3, -0.25) is 0 Å². The minimum atomic E-state index is -0.895. The molecule has 1 aromatic heterocycles. The number of carboxylic acid groups (broad SMARTS) is 1. The van der Waals surface area contributed by atoms with E-state index in [-0.39, 0.29) is 0 Å². The zero-order valence-electron chi connectivity index (χ0n) is 12.1. The molecule has 1 rings (SSSR count). The van der Waals surface area contributed by atoms with E-state index in [1.807, 2.05) is 13.8 Å². The Morgan fingerprint density at radius 3 is 2.42 bits per heavy atom. The summed E-state index contributed by atoms with van der Waals surface area (Å²) in [4.78, 5) is 11.5. The van der Waals surface area contributed by atoms with Crippen molar-refractivity contribution in [3.8, 4) is 0 Å². The largest absolute Gasteiger partial charge is 0.478 e. The summed E-state index contributed by atoms with van der Waals surface area (Å²) in [5.41, 5.74) is 1.98. The predicted octanol–water partition coefficient (Wildman–Crippen LogP) is 3.44. The van der Waals surface area contributed by atoms with Gasteiger partial charge in [0.1, 0.15) is 5.03 Å². The third kappa shape index (κ3) is 4.20. The first-order chi connectivity index (χ1) is 9.01. The van der Waals surface area contributed by atoms with E-state index < -0.39 is 5.97 Å². The van der Waals surface area contributed by atoms with E-state index in [4.69, 9.17) is 0 Å². The number of aromatic nitrogens is 2. The summed E-state index contributed by atoms with van der Waals surface area (Å²) in [5.74, 6) is 0.587. The van der Waals surface area contributed by atoms with Crippen LogP contribution in [0, 0.1) is 5.92 Å². The summed E-state index contributed by atoms with van der Waals surface area (Å²) < 4.78 is 0. The predicted molar refractivity (Wildman–Crippen MR) is 77.9 cm³/mol. The second-order valence-corrected chi connectivity index (χ2v) is 5.93. The summed E-state index contributed by atoms with van der Waals surface area (Å²) in [7, 11) is 0. The number of thioether (sulfide) groups is 1. The fourth-order valence-corrected chi connectivity index (χ4v) is 3.10. The van der Waals surface area contributed by atoms with Crippen LogP contribution in [0.25, 0.3) is 0 Å². The standard InChI is InChI=1S/C14H22N2O2S/c1-5-10-11(6-2)15-16-13(12(10)14(17)18)19-8-7-9(3)4/h9H,5-8H2,1-4H3,(H,17,18). The van der Waals surface area contributed by atoms with Crippen molar-refractivity contribution in [3.05, 3.63) is 16.8 Å². The van der Waals surface area contributed by atoms with Gasteiger partial charge in [0.2, 0.25) is 0 Å². The Balaban J connectivity index is 3.06. The van der Waals surface area contributed by atoms with Gasteiger partial charge in [0.05, 0.1) is 11.3 Å². The van der Waals surface area contributed by atoms with Crippen molar-refractivity contribution >= 4 is 17.7 Å². The molecule has 0 saturated heterocycles. The first-order valence-corrected chi connectivity index (χ1v) is 7.74. The zero-order valence-corrected chi connectivity index (χ0v) is 12.9. The number of carbonyl (C=O) groups is 1. The number of nitrogens with zero attached hydrogens (tertiary/aromatic N) is 2. The molecule has 1 heterocycles. The Bertz CT molecular complexity index is 447. The molecule has 4 nitrogen and oxygen atoms in total. The third-order valence-electron chi connectivity index (χ3n) is 2.96. The number of hydrogen-bond acceptors (Lipinski definition) is 4. The molecule has 0 atom stereocenters. The SMILES string of the molecule is CCc1nnc(SCCC(C)C)c(C(=O)O)c1CC. The lowest BCUT2D eigenvalue weighted by Crippen LogP contribution is -2.11. The summed E-state index contributed by atoms with van der Waals surface area (Å²) in [6.07, 6.45) is 2.44. The van der Waals surface area contributed by atoms with Crippen molar-refractivity contribution in [3.63, 3.8) is 0 Å². The van der Waals surface area contributed by atoms with Crippen LogP contribution in [-0.2, 0) is 12.8 Å². The fourth-order valence-electron chi connectivity index (χ4n) is 1.87. The minimum absolute atomic E-state index is 0.350. The molecule has 0 fully saturated rings. The maximum Gasteiger partial charge on any atom is 0.338 e. The Kier molecular flexibility index (Phi) is 6.28. The van der Waals surface area contributed by atoms with Crippen molar-refractivity contribution in [1.29, 1.82) is 0 Å². The Labute approximate surface area is 119 Å². The Morgan fingerprint density at radius 2 is 1.95 bits per heavy atom. The van der Waals surface area contributed by atoms with Gasteiger partial charge in [-0.05, 0) is 36.5 Å². The van der Waals surface area contributed by atoms with Crippen molar-refractivity contribution in [2.75, 3.05) is 5.75 Å². The van der Waals surface area contributed by atoms with Crippen LogP contribution in [0.3, 0.4) is 0 Å². The van der Waals surface area contributed by atoms with Crippen LogP contribution in [-0.4, -0.2) is 27.0 Å². The van der Waals surface area contributed by atoms with Gasteiger partial charge in [-0.25, -0.2) is 4.79 Å². The van der Waals surface area contributed by atoms with E-state index in [1.54, 1.807) is 0 Å². The van der Waals surface area contributed by atoms with Gasteiger partial charge in [-0.15, -0.1) is 16.9 Å². The van der Waals surface area contributed by atoms with Crippen LogP contribution in [0.15, 0.2) is 5.03 Å². The molecule has 1 N–H and O–H groups in total. The lowest BCUT2D eigenvalue weighted by atomic mass is 10.0. The lowest BCUT2D eigenvalue weighted by Gasteiger charge is -2.12. The van der Waals surface area contributed by atoms with E-state index >= 15 is 0 Å². The van der Waals surface area contributed by atoms with Gasteiger partial charge < -0.3 is 5.11 Å². The van der Waals surface area contributed by atoms with Gasteiger partial charge in [0, 0.05) is 0 Å². The molecule has 0 unspecified atom stereocenters. The topological polar surface area (TPSA) is 63.1 Å². The number of carboxylic acids is 1. The molecule has 0 aliphatic heterocycles. The van der Waals surface area contributed by atoms with Crippen LogP contribution < -0.4 is 0 Å². The molecule has 5 heteroatoms. The summed E-state index contributed by atoms with van der Waals surface area (Å²) in [5, 5.41) is 18.3. The minimum Gasteiger partial charge on any atom is -0.478 e. The molecule has 0 amide bonds. The van der Waals surface area contributed by atoms with Crippen molar-refractivity contribution in [2.45, 2.75) is 52.0 Å². The zero-order chi connectivity index (χ0) is 14.4. The molecule has 0 aliphatic rings.